The van der Waals surface area contributed by atoms with Crippen LogP contribution in [0.4, 0.5) is 5.82 Å². The van der Waals surface area contributed by atoms with Gasteiger partial charge in [-0.25, -0.2) is 0 Å². The predicted octanol–water partition coefficient (Wildman–Crippen LogP) is 2.83. The molecule has 1 aliphatic rings. The summed E-state index contributed by atoms with van der Waals surface area (Å²) in [6.07, 6.45) is 1.77. The molecule has 2 heterocycles. The van der Waals surface area contributed by atoms with Crippen molar-refractivity contribution in [3.05, 3.63) is 56.2 Å². The first kappa shape index (κ1) is 19.6. The van der Waals surface area contributed by atoms with Crippen molar-refractivity contribution < 1.29 is 9.72 Å². The molecule has 1 fully saturated rings. The third-order valence-electron chi connectivity index (χ3n) is 4.54. The second-order valence-corrected chi connectivity index (χ2v) is 7.12. The van der Waals surface area contributed by atoms with Gasteiger partial charge < -0.3 is 15.0 Å². The zero-order valence-electron chi connectivity index (χ0n) is 14.6. The standard InChI is InChI=1S/C17H19Cl2N5O3/c18-14-2-1-3-15(19)13(14)12-21-8-10-22(11-9-21)17(25)5-7-23-6-4-16(20-23)24(26)27/h1-4,6H,5,7-12H2. The van der Waals surface area contributed by atoms with Crippen molar-refractivity contribution in [2.75, 3.05) is 26.2 Å². The van der Waals surface area contributed by atoms with Crippen LogP contribution in [0.3, 0.4) is 0 Å². The van der Waals surface area contributed by atoms with E-state index in [1.807, 2.05) is 23.1 Å². The van der Waals surface area contributed by atoms with Crippen molar-refractivity contribution in [3.63, 3.8) is 0 Å². The summed E-state index contributed by atoms with van der Waals surface area (Å²) in [6, 6.07) is 6.78. The summed E-state index contributed by atoms with van der Waals surface area (Å²) in [5, 5.41) is 15.7. The van der Waals surface area contributed by atoms with Crippen LogP contribution in [0.2, 0.25) is 10.0 Å². The van der Waals surface area contributed by atoms with Gasteiger partial charge in [0.1, 0.15) is 0 Å². The van der Waals surface area contributed by atoms with E-state index in [0.29, 0.717) is 36.2 Å². The Morgan fingerprint density at radius 2 is 1.81 bits per heavy atom. The molecule has 1 amide bonds. The van der Waals surface area contributed by atoms with Crippen molar-refractivity contribution in [3.8, 4) is 0 Å². The van der Waals surface area contributed by atoms with Crippen LogP contribution in [0.1, 0.15) is 12.0 Å². The average molecular weight is 412 g/mol. The number of carbonyl (C=O) groups is 1. The normalized spacial score (nSPS) is 15.1. The summed E-state index contributed by atoms with van der Waals surface area (Å²) in [4.78, 5) is 26.5. The molecule has 2 aromatic rings. The third-order valence-corrected chi connectivity index (χ3v) is 5.25. The van der Waals surface area contributed by atoms with Gasteiger partial charge in [0.2, 0.25) is 5.91 Å². The molecule has 144 valence electrons. The van der Waals surface area contributed by atoms with E-state index in [4.69, 9.17) is 23.2 Å². The van der Waals surface area contributed by atoms with Crippen LogP contribution in [0.15, 0.2) is 30.5 Å². The topological polar surface area (TPSA) is 84.5 Å². The quantitative estimate of drug-likeness (QED) is 0.538. The molecule has 1 aliphatic heterocycles. The number of benzene rings is 1. The molecule has 0 atom stereocenters. The molecule has 1 saturated heterocycles. The maximum absolute atomic E-state index is 12.4. The summed E-state index contributed by atoms with van der Waals surface area (Å²) in [6.45, 7) is 3.70. The van der Waals surface area contributed by atoms with Crippen LogP contribution in [-0.4, -0.2) is 56.6 Å². The van der Waals surface area contributed by atoms with E-state index in [1.165, 1.54) is 16.9 Å². The van der Waals surface area contributed by atoms with Gasteiger partial charge in [0.15, 0.2) is 0 Å². The van der Waals surface area contributed by atoms with Crippen LogP contribution in [0.25, 0.3) is 0 Å². The molecular formula is C17H19Cl2N5O3. The highest BCUT2D eigenvalue weighted by molar-refractivity contribution is 6.35. The summed E-state index contributed by atoms with van der Waals surface area (Å²) >= 11 is 12.4. The number of amides is 1. The number of hydrogen-bond acceptors (Lipinski definition) is 5. The predicted molar refractivity (Wildman–Crippen MR) is 102 cm³/mol. The van der Waals surface area contributed by atoms with Crippen LogP contribution in [0.5, 0.6) is 0 Å². The van der Waals surface area contributed by atoms with Crippen molar-refractivity contribution in [1.29, 1.82) is 0 Å². The van der Waals surface area contributed by atoms with E-state index in [9.17, 15) is 14.9 Å². The molecule has 0 bridgehead atoms. The Morgan fingerprint density at radius 3 is 2.41 bits per heavy atom. The van der Waals surface area contributed by atoms with Gasteiger partial charge in [-0.3, -0.25) is 9.69 Å². The smallest absolute Gasteiger partial charge is 0.358 e. The molecule has 0 N–H and O–H groups in total. The number of aryl methyl sites for hydroxylation is 1. The van der Waals surface area contributed by atoms with Crippen LogP contribution < -0.4 is 0 Å². The Kier molecular flexibility index (Phi) is 6.30. The molecule has 1 aromatic heterocycles. The maximum atomic E-state index is 12.4. The highest BCUT2D eigenvalue weighted by Gasteiger charge is 2.22. The first-order valence-electron chi connectivity index (χ1n) is 8.55. The fourth-order valence-corrected chi connectivity index (χ4v) is 3.52. The number of nitro groups is 1. The molecular weight excluding hydrogens is 393 g/mol. The SMILES string of the molecule is O=C(CCn1ccc([N+](=O)[O-])n1)N1CCN(Cc2c(Cl)cccc2Cl)CC1. The molecule has 1 aromatic carbocycles. The van der Waals surface area contributed by atoms with E-state index >= 15 is 0 Å². The summed E-state index contributed by atoms with van der Waals surface area (Å²) in [5.41, 5.74) is 0.904. The minimum Gasteiger partial charge on any atom is -0.358 e. The largest absolute Gasteiger partial charge is 0.389 e. The minimum absolute atomic E-state index is 0.0172. The molecule has 0 unspecified atom stereocenters. The van der Waals surface area contributed by atoms with Crippen LogP contribution in [0, 0.1) is 10.1 Å². The molecule has 0 radical (unpaired) electrons. The van der Waals surface area contributed by atoms with Crippen molar-refractivity contribution in [2.45, 2.75) is 19.5 Å². The second-order valence-electron chi connectivity index (χ2n) is 6.30. The van der Waals surface area contributed by atoms with E-state index in [0.717, 1.165) is 18.7 Å². The minimum atomic E-state index is -0.553. The molecule has 0 saturated carbocycles. The summed E-state index contributed by atoms with van der Waals surface area (Å²) < 4.78 is 1.42. The van der Waals surface area contributed by atoms with E-state index in [1.54, 1.807) is 0 Å². The third kappa shape index (κ3) is 4.97. The van der Waals surface area contributed by atoms with Gasteiger partial charge in [0, 0.05) is 54.8 Å². The lowest BCUT2D eigenvalue weighted by molar-refractivity contribution is -0.389. The highest BCUT2D eigenvalue weighted by Crippen LogP contribution is 2.26. The van der Waals surface area contributed by atoms with Gasteiger partial charge in [-0.1, -0.05) is 29.3 Å². The number of rotatable bonds is 6. The number of hydrogen-bond donors (Lipinski definition) is 0. The van der Waals surface area contributed by atoms with Crippen molar-refractivity contribution >= 4 is 34.9 Å². The molecule has 27 heavy (non-hydrogen) atoms. The van der Waals surface area contributed by atoms with Crippen LogP contribution >= 0.6 is 23.2 Å². The first-order valence-corrected chi connectivity index (χ1v) is 9.30. The van der Waals surface area contributed by atoms with Gasteiger partial charge >= 0.3 is 5.82 Å². The van der Waals surface area contributed by atoms with Crippen molar-refractivity contribution in [2.24, 2.45) is 0 Å². The van der Waals surface area contributed by atoms with Crippen molar-refractivity contribution in [1.82, 2.24) is 19.6 Å². The Morgan fingerprint density at radius 1 is 1.15 bits per heavy atom. The Balaban J connectivity index is 1.47. The molecule has 8 nitrogen and oxygen atoms in total. The van der Waals surface area contributed by atoms with Gasteiger partial charge in [0.25, 0.3) is 0 Å². The average Bonchev–Trinajstić information content (AvgIpc) is 3.13. The Bertz CT molecular complexity index is 813. The molecule has 0 aliphatic carbocycles. The van der Waals surface area contributed by atoms with Gasteiger partial charge in [-0.2, -0.15) is 4.68 Å². The van der Waals surface area contributed by atoms with Gasteiger partial charge in [-0.05, 0) is 17.1 Å². The number of halogens is 2. The number of nitrogens with zero attached hydrogens (tertiary/aromatic N) is 5. The summed E-state index contributed by atoms with van der Waals surface area (Å²) in [5.74, 6) is -0.196. The van der Waals surface area contributed by atoms with Gasteiger partial charge in [0.05, 0.1) is 23.9 Å². The maximum Gasteiger partial charge on any atom is 0.389 e. The lowest BCUT2D eigenvalue weighted by Crippen LogP contribution is -2.48. The number of aromatic nitrogens is 2. The first-order chi connectivity index (χ1) is 12.9. The fourth-order valence-electron chi connectivity index (χ4n) is 3.00. The summed E-state index contributed by atoms with van der Waals surface area (Å²) in [7, 11) is 0. The lowest BCUT2D eigenvalue weighted by Gasteiger charge is -2.35. The van der Waals surface area contributed by atoms with E-state index < -0.39 is 4.92 Å². The highest BCUT2D eigenvalue weighted by atomic mass is 35.5. The number of piperazine rings is 1. The van der Waals surface area contributed by atoms with E-state index in [2.05, 4.69) is 10.00 Å². The fraction of sp³-hybridized carbons (Fsp3) is 0.412. The molecule has 10 heteroatoms. The zero-order chi connectivity index (χ0) is 19.4. The second kappa shape index (κ2) is 8.69. The Hall–Kier alpha value is -2.16. The van der Waals surface area contributed by atoms with Crippen LogP contribution in [-0.2, 0) is 17.9 Å². The monoisotopic (exact) mass is 411 g/mol. The lowest BCUT2D eigenvalue weighted by atomic mass is 10.2. The van der Waals surface area contributed by atoms with E-state index in [-0.39, 0.29) is 18.1 Å². The zero-order valence-corrected chi connectivity index (χ0v) is 16.1. The van der Waals surface area contributed by atoms with Gasteiger partial charge in [-0.15, -0.1) is 0 Å². The molecule has 0 spiro atoms. The molecule has 3 rings (SSSR count). The Labute approximate surface area is 166 Å². The number of carbonyl (C=O) groups excluding carboxylic acids is 1.